The Balaban J connectivity index is 1.74. The maximum atomic E-state index is 12.8. The highest BCUT2D eigenvalue weighted by atomic mass is 16.4. The molecule has 24 heavy (non-hydrogen) atoms. The summed E-state index contributed by atoms with van der Waals surface area (Å²) in [7, 11) is 0. The molecule has 1 aromatic heterocycles. The van der Waals surface area contributed by atoms with Crippen molar-refractivity contribution < 1.29 is 14.7 Å². The van der Waals surface area contributed by atoms with Crippen LogP contribution in [0.15, 0.2) is 42.5 Å². The zero-order valence-corrected chi connectivity index (χ0v) is 13.6. The number of aliphatic carboxylic acids is 1. The number of carboxylic acid groups (broad SMARTS) is 1. The van der Waals surface area contributed by atoms with Crippen molar-refractivity contribution in [3.8, 4) is 11.3 Å². The Labute approximate surface area is 141 Å². The fraction of sp³-hybridized carbons (Fsp3) is 0.368. The van der Waals surface area contributed by atoms with Crippen molar-refractivity contribution in [3.05, 3.63) is 48.2 Å². The molecule has 1 saturated heterocycles. The van der Waals surface area contributed by atoms with Crippen molar-refractivity contribution >= 4 is 11.9 Å². The molecular weight excluding hydrogens is 304 g/mol. The van der Waals surface area contributed by atoms with E-state index in [1.54, 1.807) is 0 Å². The quantitative estimate of drug-likeness (QED) is 0.882. The van der Waals surface area contributed by atoms with Gasteiger partial charge in [-0.05, 0) is 43.4 Å². The summed E-state index contributed by atoms with van der Waals surface area (Å²) in [5.74, 6) is -0.841. The van der Waals surface area contributed by atoms with Gasteiger partial charge in [0, 0.05) is 24.7 Å². The summed E-state index contributed by atoms with van der Waals surface area (Å²) in [6.07, 6.45) is 3.53. The lowest BCUT2D eigenvalue weighted by Crippen LogP contribution is -2.44. The number of hydrogen-bond acceptors (Lipinski definition) is 2. The van der Waals surface area contributed by atoms with Gasteiger partial charge in [-0.1, -0.05) is 30.3 Å². The molecule has 0 spiro atoms. The molecule has 126 valence electrons. The van der Waals surface area contributed by atoms with E-state index in [1.165, 1.54) is 0 Å². The summed E-state index contributed by atoms with van der Waals surface area (Å²) in [6.45, 7) is 0.697. The van der Waals surface area contributed by atoms with Gasteiger partial charge in [0.15, 0.2) is 0 Å². The van der Waals surface area contributed by atoms with E-state index in [0.717, 1.165) is 30.5 Å². The fourth-order valence-electron chi connectivity index (χ4n) is 3.32. The van der Waals surface area contributed by atoms with E-state index in [-0.39, 0.29) is 18.4 Å². The molecule has 0 aliphatic carbocycles. The van der Waals surface area contributed by atoms with Gasteiger partial charge >= 0.3 is 5.97 Å². The van der Waals surface area contributed by atoms with E-state index in [0.29, 0.717) is 18.7 Å². The first kappa shape index (κ1) is 16.3. The van der Waals surface area contributed by atoms with E-state index < -0.39 is 5.97 Å². The Bertz CT molecular complexity index is 708. The number of piperidine rings is 1. The number of carbonyl (C=O) groups is 2. The van der Waals surface area contributed by atoms with E-state index >= 15 is 0 Å². The zero-order valence-electron chi connectivity index (χ0n) is 13.6. The molecule has 1 atom stereocenters. The molecule has 0 saturated carbocycles. The molecule has 1 aliphatic rings. The van der Waals surface area contributed by atoms with Crippen LogP contribution >= 0.6 is 0 Å². The van der Waals surface area contributed by atoms with Crippen molar-refractivity contribution in [1.29, 1.82) is 0 Å². The van der Waals surface area contributed by atoms with E-state index in [9.17, 15) is 9.59 Å². The molecule has 1 fully saturated rings. The molecule has 3 rings (SSSR count). The first-order valence-corrected chi connectivity index (χ1v) is 8.42. The third-order valence-electron chi connectivity index (χ3n) is 4.58. The Morgan fingerprint density at radius 3 is 2.67 bits per heavy atom. The third-order valence-corrected chi connectivity index (χ3v) is 4.58. The Kier molecular flexibility index (Phi) is 4.99. The van der Waals surface area contributed by atoms with E-state index in [4.69, 9.17) is 5.11 Å². The van der Waals surface area contributed by atoms with Gasteiger partial charge in [0.2, 0.25) is 0 Å². The van der Waals surface area contributed by atoms with Crippen LogP contribution in [0.1, 0.15) is 42.6 Å². The number of likely N-dealkylation sites (tertiary alicyclic amines) is 1. The number of nitrogens with zero attached hydrogens (tertiary/aromatic N) is 1. The van der Waals surface area contributed by atoms with E-state index in [1.807, 2.05) is 47.4 Å². The second-order valence-corrected chi connectivity index (χ2v) is 6.23. The lowest BCUT2D eigenvalue weighted by Gasteiger charge is -2.35. The summed E-state index contributed by atoms with van der Waals surface area (Å²) in [5.41, 5.74) is 2.52. The second-order valence-electron chi connectivity index (χ2n) is 6.23. The van der Waals surface area contributed by atoms with Crippen LogP contribution in [0.3, 0.4) is 0 Å². The maximum Gasteiger partial charge on any atom is 0.303 e. The van der Waals surface area contributed by atoms with Crippen LogP contribution in [0.4, 0.5) is 0 Å². The molecule has 0 bridgehead atoms. The molecule has 1 aromatic carbocycles. The summed E-state index contributed by atoms with van der Waals surface area (Å²) < 4.78 is 0. The average Bonchev–Trinajstić information content (AvgIpc) is 3.10. The fourth-order valence-corrected chi connectivity index (χ4v) is 3.32. The highest BCUT2D eigenvalue weighted by Crippen LogP contribution is 2.24. The van der Waals surface area contributed by atoms with Gasteiger partial charge in [-0.15, -0.1) is 0 Å². The number of carboxylic acids is 1. The van der Waals surface area contributed by atoms with Gasteiger partial charge in [-0.25, -0.2) is 0 Å². The predicted molar refractivity (Wildman–Crippen MR) is 91.8 cm³/mol. The maximum absolute atomic E-state index is 12.8. The van der Waals surface area contributed by atoms with Crippen LogP contribution in [0.5, 0.6) is 0 Å². The summed E-state index contributed by atoms with van der Waals surface area (Å²) >= 11 is 0. The monoisotopic (exact) mass is 326 g/mol. The van der Waals surface area contributed by atoms with Crippen LogP contribution in [0.25, 0.3) is 11.3 Å². The lowest BCUT2D eigenvalue weighted by atomic mass is 9.97. The third kappa shape index (κ3) is 3.67. The molecule has 5 nitrogen and oxygen atoms in total. The minimum atomic E-state index is -0.806. The number of nitrogens with one attached hydrogen (secondary N) is 1. The van der Waals surface area contributed by atoms with Crippen molar-refractivity contribution in [2.45, 2.75) is 38.1 Å². The lowest BCUT2D eigenvalue weighted by molar-refractivity contribution is -0.137. The number of carbonyl (C=O) groups excluding carboxylic acids is 1. The van der Waals surface area contributed by atoms with Crippen molar-refractivity contribution in [2.75, 3.05) is 6.54 Å². The van der Waals surface area contributed by atoms with Gasteiger partial charge in [0.05, 0.1) is 0 Å². The Morgan fingerprint density at radius 1 is 1.12 bits per heavy atom. The van der Waals surface area contributed by atoms with Gasteiger partial charge in [-0.2, -0.15) is 0 Å². The van der Waals surface area contributed by atoms with Crippen LogP contribution in [0, 0.1) is 0 Å². The van der Waals surface area contributed by atoms with Gasteiger partial charge < -0.3 is 15.0 Å². The minimum Gasteiger partial charge on any atom is -0.481 e. The highest BCUT2D eigenvalue weighted by molar-refractivity contribution is 5.93. The standard InChI is InChI=1S/C19H22N2O3/c22-18(23)12-9-15-8-4-5-13-21(15)19(24)17-11-10-16(20-17)14-6-2-1-3-7-14/h1-3,6-7,10-11,15,20H,4-5,8-9,12-13H2,(H,22,23). The van der Waals surface area contributed by atoms with E-state index in [2.05, 4.69) is 4.98 Å². The van der Waals surface area contributed by atoms with Crippen LogP contribution in [-0.4, -0.2) is 39.5 Å². The van der Waals surface area contributed by atoms with Gasteiger partial charge in [0.1, 0.15) is 5.69 Å². The molecule has 2 N–H and O–H groups in total. The first-order chi connectivity index (χ1) is 11.6. The van der Waals surface area contributed by atoms with Crippen LogP contribution in [-0.2, 0) is 4.79 Å². The average molecular weight is 326 g/mol. The molecule has 0 radical (unpaired) electrons. The van der Waals surface area contributed by atoms with Crippen LogP contribution in [0.2, 0.25) is 0 Å². The SMILES string of the molecule is O=C(O)CCC1CCCCN1C(=O)c1ccc(-c2ccccc2)[nH]1. The topological polar surface area (TPSA) is 73.4 Å². The Hall–Kier alpha value is -2.56. The summed E-state index contributed by atoms with van der Waals surface area (Å²) in [6, 6.07) is 13.6. The number of amides is 1. The molecule has 2 heterocycles. The normalized spacial score (nSPS) is 17.7. The molecule has 1 amide bonds. The first-order valence-electron chi connectivity index (χ1n) is 8.42. The number of hydrogen-bond donors (Lipinski definition) is 2. The number of aromatic amines is 1. The summed E-state index contributed by atoms with van der Waals surface area (Å²) in [4.78, 5) is 28.7. The molecular formula is C19H22N2O3. The molecule has 1 aliphatic heterocycles. The number of aromatic nitrogens is 1. The minimum absolute atomic E-state index is 0.0193. The zero-order chi connectivity index (χ0) is 16.9. The molecule has 2 aromatic rings. The number of rotatable bonds is 5. The molecule has 5 heteroatoms. The number of benzene rings is 1. The predicted octanol–water partition coefficient (Wildman–Crippen LogP) is 3.54. The van der Waals surface area contributed by atoms with Crippen LogP contribution < -0.4 is 0 Å². The van der Waals surface area contributed by atoms with Crippen molar-refractivity contribution in [1.82, 2.24) is 9.88 Å². The van der Waals surface area contributed by atoms with Crippen molar-refractivity contribution in [2.24, 2.45) is 0 Å². The van der Waals surface area contributed by atoms with Crippen molar-refractivity contribution in [3.63, 3.8) is 0 Å². The number of H-pyrrole nitrogens is 1. The molecule has 1 unspecified atom stereocenters. The Morgan fingerprint density at radius 2 is 1.92 bits per heavy atom. The van der Waals surface area contributed by atoms with Gasteiger partial charge in [0.25, 0.3) is 5.91 Å². The highest BCUT2D eigenvalue weighted by Gasteiger charge is 2.28. The summed E-state index contributed by atoms with van der Waals surface area (Å²) in [5, 5.41) is 8.91. The largest absolute Gasteiger partial charge is 0.481 e. The second kappa shape index (κ2) is 7.34. The smallest absolute Gasteiger partial charge is 0.303 e. The van der Waals surface area contributed by atoms with Gasteiger partial charge in [-0.3, -0.25) is 9.59 Å².